The summed E-state index contributed by atoms with van der Waals surface area (Å²) in [6, 6.07) is 3.88. The van der Waals surface area contributed by atoms with Crippen LogP contribution in [0.3, 0.4) is 0 Å². The van der Waals surface area contributed by atoms with Crippen LogP contribution < -0.4 is 5.32 Å². The molecule has 1 N–H and O–H groups in total. The molecule has 0 spiro atoms. The molecule has 1 heterocycles. The predicted molar refractivity (Wildman–Crippen MR) is 63.8 cm³/mol. The Kier molecular flexibility index (Phi) is 3.78. The first-order chi connectivity index (χ1) is 7.97. The zero-order valence-electron chi connectivity index (χ0n) is 9.15. The lowest BCUT2D eigenvalue weighted by Crippen LogP contribution is -2.42. The second-order valence-electron chi connectivity index (χ2n) is 4.37. The van der Waals surface area contributed by atoms with Gasteiger partial charge in [0.25, 0.3) is 0 Å². The Morgan fingerprint density at radius 3 is 2.47 bits per heavy atom. The minimum absolute atomic E-state index is 0.555. The topological polar surface area (TPSA) is 12.0 Å². The fourth-order valence-electron chi connectivity index (χ4n) is 1.84. The highest BCUT2D eigenvalue weighted by Gasteiger charge is 2.30. The second kappa shape index (κ2) is 4.98. The summed E-state index contributed by atoms with van der Waals surface area (Å²) in [5, 5.41) is 3.18. The quantitative estimate of drug-likeness (QED) is 0.899. The summed E-state index contributed by atoms with van der Waals surface area (Å²) in [6.07, 6.45) is -2.42. The molecule has 2 rings (SSSR count). The molecule has 0 aromatic heterocycles. The van der Waals surface area contributed by atoms with Crippen molar-refractivity contribution in [2.45, 2.75) is 19.0 Å². The summed E-state index contributed by atoms with van der Waals surface area (Å²) in [5.41, 5.74) is 0.350. The number of aryl methyl sites for hydroxylation is 1. The van der Waals surface area contributed by atoms with Crippen molar-refractivity contribution in [3.8, 4) is 0 Å². The van der Waals surface area contributed by atoms with Gasteiger partial charge in [-0.3, -0.25) is 0 Å². The standard InChI is InChI=1S/C12H13BrF3N/c13-11-5-10(12(14,15)16)4-3-9(11)2-1-8-6-17-7-8/h3-5,8,17H,1-2,6-7H2. The predicted octanol–water partition coefficient (Wildman–Crippen LogP) is 3.62. The molecule has 0 unspecified atom stereocenters. The molecule has 94 valence electrons. The van der Waals surface area contributed by atoms with E-state index < -0.39 is 11.7 Å². The molecule has 1 nitrogen and oxygen atoms in total. The van der Waals surface area contributed by atoms with E-state index in [9.17, 15) is 13.2 Å². The van der Waals surface area contributed by atoms with Crippen LogP contribution in [0.25, 0.3) is 0 Å². The number of rotatable bonds is 3. The molecular weight excluding hydrogens is 295 g/mol. The van der Waals surface area contributed by atoms with Gasteiger partial charge in [-0.15, -0.1) is 0 Å². The van der Waals surface area contributed by atoms with Crippen LogP contribution in [0.5, 0.6) is 0 Å². The zero-order chi connectivity index (χ0) is 12.5. The van der Waals surface area contributed by atoms with Crippen molar-refractivity contribution in [2.24, 2.45) is 5.92 Å². The van der Waals surface area contributed by atoms with Crippen molar-refractivity contribution in [1.29, 1.82) is 0 Å². The van der Waals surface area contributed by atoms with Gasteiger partial charge in [-0.1, -0.05) is 22.0 Å². The number of nitrogens with one attached hydrogen (secondary N) is 1. The number of alkyl halides is 3. The molecule has 1 aliphatic rings. The first-order valence-electron chi connectivity index (χ1n) is 5.53. The molecule has 0 atom stereocenters. The molecule has 1 aromatic rings. The Labute approximate surface area is 107 Å². The Morgan fingerprint density at radius 1 is 1.29 bits per heavy atom. The fraction of sp³-hybridized carbons (Fsp3) is 0.500. The molecule has 1 aliphatic heterocycles. The smallest absolute Gasteiger partial charge is 0.316 e. The van der Waals surface area contributed by atoms with E-state index in [1.54, 1.807) is 6.07 Å². The summed E-state index contributed by atoms with van der Waals surface area (Å²) in [6.45, 7) is 2.05. The van der Waals surface area contributed by atoms with Gasteiger partial charge in [0.05, 0.1) is 5.56 Å². The van der Waals surface area contributed by atoms with E-state index >= 15 is 0 Å². The first kappa shape index (κ1) is 12.9. The van der Waals surface area contributed by atoms with E-state index in [4.69, 9.17) is 0 Å². The van der Waals surface area contributed by atoms with Crippen molar-refractivity contribution in [3.63, 3.8) is 0 Å². The van der Waals surface area contributed by atoms with E-state index in [0.717, 1.165) is 43.6 Å². The van der Waals surface area contributed by atoms with Gasteiger partial charge in [0.1, 0.15) is 0 Å². The highest BCUT2D eigenvalue weighted by molar-refractivity contribution is 9.10. The van der Waals surface area contributed by atoms with Gasteiger partial charge < -0.3 is 5.32 Å². The van der Waals surface area contributed by atoms with Crippen molar-refractivity contribution in [2.75, 3.05) is 13.1 Å². The largest absolute Gasteiger partial charge is 0.416 e. The Morgan fingerprint density at radius 2 is 2.00 bits per heavy atom. The average molecular weight is 308 g/mol. The van der Waals surface area contributed by atoms with Gasteiger partial charge in [-0.25, -0.2) is 0 Å². The maximum Gasteiger partial charge on any atom is 0.416 e. The third-order valence-electron chi connectivity index (χ3n) is 3.07. The summed E-state index contributed by atoms with van der Waals surface area (Å²) >= 11 is 3.21. The van der Waals surface area contributed by atoms with E-state index in [2.05, 4.69) is 21.2 Å². The molecule has 5 heteroatoms. The maximum absolute atomic E-state index is 12.4. The summed E-state index contributed by atoms with van der Waals surface area (Å²) in [4.78, 5) is 0. The van der Waals surface area contributed by atoms with Crippen LogP contribution in [-0.4, -0.2) is 13.1 Å². The van der Waals surface area contributed by atoms with E-state index in [0.29, 0.717) is 10.4 Å². The third kappa shape index (κ3) is 3.22. The van der Waals surface area contributed by atoms with Crippen molar-refractivity contribution in [1.82, 2.24) is 5.32 Å². The molecule has 0 bridgehead atoms. The summed E-state index contributed by atoms with van der Waals surface area (Å²) in [5.74, 6) is 0.671. The van der Waals surface area contributed by atoms with Crippen molar-refractivity contribution < 1.29 is 13.2 Å². The molecule has 1 aromatic carbocycles. The maximum atomic E-state index is 12.4. The van der Waals surface area contributed by atoms with Gasteiger partial charge in [0, 0.05) is 4.47 Å². The Hall–Kier alpha value is -0.550. The van der Waals surface area contributed by atoms with Crippen LogP contribution >= 0.6 is 15.9 Å². The van der Waals surface area contributed by atoms with E-state index in [-0.39, 0.29) is 0 Å². The van der Waals surface area contributed by atoms with Crippen molar-refractivity contribution in [3.05, 3.63) is 33.8 Å². The van der Waals surface area contributed by atoms with Crippen LogP contribution in [0.15, 0.2) is 22.7 Å². The third-order valence-corrected chi connectivity index (χ3v) is 3.81. The first-order valence-corrected chi connectivity index (χ1v) is 6.32. The minimum Gasteiger partial charge on any atom is -0.316 e. The molecule has 0 amide bonds. The number of benzene rings is 1. The number of hydrogen-bond acceptors (Lipinski definition) is 1. The van der Waals surface area contributed by atoms with Gasteiger partial charge in [-0.2, -0.15) is 13.2 Å². The van der Waals surface area contributed by atoms with Crippen LogP contribution in [0, 0.1) is 5.92 Å². The number of hydrogen-bond donors (Lipinski definition) is 1. The molecule has 1 saturated heterocycles. The lowest BCUT2D eigenvalue weighted by atomic mass is 9.94. The van der Waals surface area contributed by atoms with Crippen LogP contribution in [0.2, 0.25) is 0 Å². The molecule has 1 fully saturated rings. The molecule has 0 aliphatic carbocycles. The fourth-order valence-corrected chi connectivity index (χ4v) is 2.42. The zero-order valence-corrected chi connectivity index (χ0v) is 10.7. The molecular formula is C12H13BrF3N. The van der Waals surface area contributed by atoms with Gasteiger partial charge in [-0.05, 0) is 49.5 Å². The van der Waals surface area contributed by atoms with Crippen LogP contribution in [0.4, 0.5) is 13.2 Å². The SMILES string of the molecule is FC(F)(F)c1ccc(CCC2CNC2)c(Br)c1. The average Bonchev–Trinajstić information content (AvgIpc) is 2.16. The normalized spacial score (nSPS) is 16.9. The molecule has 0 radical (unpaired) electrons. The summed E-state index contributed by atoms with van der Waals surface area (Å²) in [7, 11) is 0. The highest BCUT2D eigenvalue weighted by atomic mass is 79.9. The van der Waals surface area contributed by atoms with Gasteiger partial charge in [0.15, 0.2) is 0 Å². The van der Waals surface area contributed by atoms with Crippen LogP contribution in [-0.2, 0) is 12.6 Å². The van der Waals surface area contributed by atoms with Crippen molar-refractivity contribution >= 4 is 15.9 Å². The lowest BCUT2D eigenvalue weighted by Gasteiger charge is -2.27. The van der Waals surface area contributed by atoms with Gasteiger partial charge >= 0.3 is 6.18 Å². The number of halogens is 4. The minimum atomic E-state index is -4.26. The summed E-state index contributed by atoms with van der Waals surface area (Å²) < 4.78 is 37.9. The second-order valence-corrected chi connectivity index (χ2v) is 5.22. The highest BCUT2D eigenvalue weighted by Crippen LogP contribution is 2.32. The Bertz CT molecular complexity index is 399. The van der Waals surface area contributed by atoms with E-state index in [1.807, 2.05) is 0 Å². The lowest BCUT2D eigenvalue weighted by molar-refractivity contribution is -0.137. The Balaban J connectivity index is 2.03. The molecule has 17 heavy (non-hydrogen) atoms. The molecule has 0 saturated carbocycles. The van der Waals surface area contributed by atoms with Crippen LogP contribution in [0.1, 0.15) is 17.5 Å². The van der Waals surface area contributed by atoms with Gasteiger partial charge in [0.2, 0.25) is 0 Å². The van der Waals surface area contributed by atoms with E-state index in [1.165, 1.54) is 0 Å². The monoisotopic (exact) mass is 307 g/mol.